The molecule has 64 valence electrons. The molecule has 1 nitrogen and oxygen atoms in total. The lowest BCUT2D eigenvalue weighted by atomic mass is 10.1. The second kappa shape index (κ2) is 4.16. The van der Waals surface area contributed by atoms with Crippen LogP contribution in [0.1, 0.15) is 20.8 Å². The topological polar surface area (TPSA) is 12.0 Å². The molecule has 1 N–H and O–H groups in total. The van der Waals surface area contributed by atoms with Crippen LogP contribution >= 0.6 is 0 Å². The Hall–Kier alpha value is -0.790. The molecule has 11 heavy (non-hydrogen) atoms. The van der Waals surface area contributed by atoms with Crippen molar-refractivity contribution in [3.8, 4) is 0 Å². The summed E-state index contributed by atoms with van der Waals surface area (Å²) in [4.78, 5) is 0. The van der Waals surface area contributed by atoms with Gasteiger partial charge >= 0.3 is 0 Å². The van der Waals surface area contributed by atoms with Crippen LogP contribution in [0, 0.1) is 0 Å². The van der Waals surface area contributed by atoms with Crippen molar-refractivity contribution in [3.05, 3.63) is 23.9 Å². The summed E-state index contributed by atoms with van der Waals surface area (Å²) in [6.07, 6.45) is 5.15. The van der Waals surface area contributed by atoms with Gasteiger partial charge in [-0.1, -0.05) is 6.08 Å². The quantitative estimate of drug-likeness (QED) is 0.620. The summed E-state index contributed by atoms with van der Waals surface area (Å²) in [6.45, 7) is 4.94. The molecule has 0 aromatic rings. The largest absolute Gasteiger partial charge is 0.388 e. The van der Waals surface area contributed by atoms with Crippen LogP contribution in [0.5, 0.6) is 0 Å². The molecule has 0 saturated heterocycles. The molecular weight excluding hydrogens is 141 g/mol. The van der Waals surface area contributed by atoms with Crippen molar-refractivity contribution in [2.24, 2.45) is 0 Å². The van der Waals surface area contributed by atoms with E-state index >= 15 is 0 Å². The third-order valence-corrected chi connectivity index (χ3v) is 1.26. The summed E-state index contributed by atoms with van der Waals surface area (Å²) in [5.74, 6) is 0. The second-order valence-corrected chi connectivity index (χ2v) is 2.89. The minimum atomic E-state index is -1.23. The third-order valence-electron chi connectivity index (χ3n) is 1.26. The fraction of sp³-hybridized carbons (Fsp3) is 0.556. The van der Waals surface area contributed by atoms with Gasteiger partial charge in [-0.05, 0) is 32.9 Å². The molecule has 0 saturated carbocycles. The number of rotatable bonds is 3. The Balaban J connectivity index is 4.12. The zero-order valence-corrected chi connectivity index (χ0v) is 7.61. The molecule has 0 aliphatic carbocycles. The highest BCUT2D eigenvalue weighted by atomic mass is 19.1. The monoisotopic (exact) mass is 157 g/mol. The van der Waals surface area contributed by atoms with E-state index in [9.17, 15) is 4.39 Å². The predicted molar refractivity (Wildman–Crippen MR) is 47.1 cm³/mol. The standard InChI is InChI=1S/C9H16FN/c1-5-8(11-4)6-7-9(2,3)10/h5-7,11H,1-4H3/b7-6-,8-5+. The van der Waals surface area contributed by atoms with Crippen LogP contribution in [0.3, 0.4) is 0 Å². The van der Waals surface area contributed by atoms with E-state index in [4.69, 9.17) is 0 Å². The van der Waals surface area contributed by atoms with Gasteiger partial charge in [-0.25, -0.2) is 4.39 Å². The van der Waals surface area contributed by atoms with Crippen molar-refractivity contribution in [1.29, 1.82) is 0 Å². The maximum absolute atomic E-state index is 12.9. The highest BCUT2D eigenvalue weighted by Crippen LogP contribution is 2.10. The number of hydrogen-bond donors (Lipinski definition) is 1. The molecule has 0 heterocycles. The van der Waals surface area contributed by atoms with E-state index in [0.717, 1.165) is 5.70 Å². The molecule has 0 bridgehead atoms. The molecular formula is C9H16FN. The average molecular weight is 157 g/mol. The zero-order chi connectivity index (χ0) is 8.91. The van der Waals surface area contributed by atoms with Gasteiger partial charge in [-0.15, -0.1) is 0 Å². The molecule has 0 aliphatic heterocycles. The summed E-state index contributed by atoms with van der Waals surface area (Å²) in [7, 11) is 1.81. The van der Waals surface area contributed by atoms with E-state index in [2.05, 4.69) is 5.32 Å². The van der Waals surface area contributed by atoms with Crippen molar-refractivity contribution in [1.82, 2.24) is 5.32 Å². The van der Waals surface area contributed by atoms with Crippen molar-refractivity contribution in [3.63, 3.8) is 0 Å². The molecule has 0 aliphatic rings. The van der Waals surface area contributed by atoms with Gasteiger partial charge in [0, 0.05) is 12.7 Å². The Morgan fingerprint density at radius 3 is 2.27 bits per heavy atom. The Morgan fingerprint density at radius 2 is 2.00 bits per heavy atom. The number of nitrogens with one attached hydrogen (secondary N) is 1. The predicted octanol–water partition coefficient (Wildman–Crippen LogP) is 2.41. The molecule has 0 aromatic carbocycles. The van der Waals surface area contributed by atoms with E-state index in [1.54, 1.807) is 6.08 Å². The molecule has 0 atom stereocenters. The fourth-order valence-electron chi connectivity index (χ4n) is 0.612. The van der Waals surface area contributed by atoms with E-state index in [1.807, 2.05) is 20.0 Å². The van der Waals surface area contributed by atoms with Gasteiger partial charge in [0.05, 0.1) is 0 Å². The van der Waals surface area contributed by atoms with Crippen LogP contribution < -0.4 is 5.32 Å². The van der Waals surface area contributed by atoms with Crippen molar-refractivity contribution in [2.45, 2.75) is 26.4 Å². The third kappa shape index (κ3) is 5.64. The van der Waals surface area contributed by atoms with Gasteiger partial charge in [0.25, 0.3) is 0 Å². The van der Waals surface area contributed by atoms with Crippen molar-refractivity contribution >= 4 is 0 Å². The Labute approximate surface area is 68.0 Å². The first-order valence-corrected chi connectivity index (χ1v) is 3.72. The van der Waals surface area contributed by atoms with Gasteiger partial charge in [0.15, 0.2) is 0 Å². The van der Waals surface area contributed by atoms with Gasteiger partial charge in [-0.3, -0.25) is 0 Å². The van der Waals surface area contributed by atoms with Gasteiger partial charge in [0.2, 0.25) is 0 Å². The minimum Gasteiger partial charge on any atom is -0.388 e. The Kier molecular flexibility index (Phi) is 3.86. The first-order valence-electron chi connectivity index (χ1n) is 3.72. The highest BCUT2D eigenvalue weighted by Gasteiger charge is 2.08. The van der Waals surface area contributed by atoms with Crippen molar-refractivity contribution < 1.29 is 4.39 Å². The van der Waals surface area contributed by atoms with Crippen LogP contribution in [0.4, 0.5) is 4.39 Å². The number of alkyl halides is 1. The van der Waals surface area contributed by atoms with Gasteiger partial charge in [-0.2, -0.15) is 0 Å². The van der Waals surface area contributed by atoms with Crippen LogP contribution in [0.15, 0.2) is 23.9 Å². The van der Waals surface area contributed by atoms with Crippen LogP contribution in [0.2, 0.25) is 0 Å². The molecule has 0 unspecified atom stereocenters. The summed E-state index contributed by atoms with van der Waals surface area (Å²) >= 11 is 0. The normalized spacial score (nSPS) is 14.1. The van der Waals surface area contributed by atoms with Crippen LogP contribution in [-0.2, 0) is 0 Å². The fourth-order valence-corrected chi connectivity index (χ4v) is 0.612. The lowest BCUT2D eigenvalue weighted by Crippen LogP contribution is -2.08. The summed E-state index contributed by atoms with van der Waals surface area (Å²) < 4.78 is 12.9. The summed E-state index contributed by atoms with van der Waals surface area (Å²) in [6, 6.07) is 0. The first-order chi connectivity index (χ1) is 4.99. The number of halogens is 1. The smallest absolute Gasteiger partial charge is 0.123 e. The average Bonchev–Trinajstić information content (AvgIpc) is 1.88. The van der Waals surface area contributed by atoms with Crippen LogP contribution in [0.25, 0.3) is 0 Å². The van der Waals surface area contributed by atoms with E-state index in [0.29, 0.717) is 0 Å². The Bertz CT molecular complexity index is 163. The highest BCUT2D eigenvalue weighted by molar-refractivity contribution is 5.17. The maximum atomic E-state index is 12.9. The van der Waals surface area contributed by atoms with Gasteiger partial charge < -0.3 is 5.32 Å². The molecule has 0 spiro atoms. The molecule has 0 radical (unpaired) electrons. The zero-order valence-electron chi connectivity index (χ0n) is 7.61. The Morgan fingerprint density at radius 1 is 1.45 bits per heavy atom. The number of likely N-dealkylation sites (N-methyl/N-ethyl adjacent to an activating group) is 1. The molecule has 0 fully saturated rings. The summed E-state index contributed by atoms with van der Waals surface area (Å²) in [5.41, 5.74) is -0.304. The summed E-state index contributed by atoms with van der Waals surface area (Å²) in [5, 5.41) is 2.93. The van der Waals surface area contributed by atoms with E-state index < -0.39 is 5.67 Å². The second-order valence-electron chi connectivity index (χ2n) is 2.89. The van der Waals surface area contributed by atoms with E-state index in [-0.39, 0.29) is 0 Å². The first kappa shape index (κ1) is 10.2. The number of allylic oxidation sites excluding steroid dienone is 3. The lowest BCUT2D eigenvalue weighted by molar-refractivity contribution is 0.287. The lowest BCUT2D eigenvalue weighted by Gasteiger charge is -2.07. The molecule has 0 aromatic heterocycles. The SMILES string of the molecule is C/C=C(\C=C/C(C)(C)F)NC. The maximum Gasteiger partial charge on any atom is 0.123 e. The van der Waals surface area contributed by atoms with E-state index in [1.165, 1.54) is 19.9 Å². The molecule has 2 heteroatoms. The van der Waals surface area contributed by atoms with Crippen molar-refractivity contribution in [2.75, 3.05) is 7.05 Å². The number of hydrogen-bond acceptors (Lipinski definition) is 1. The molecule has 0 rings (SSSR count). The molecule has 0 amide bonds. The minimum absolute atomic E-state index is 0.927. The van der Waals surface area contributed by atoms with Gasteiger partial charge in [0.1, 0.15) is 5.67 Å². The van der Waals surface area contributed by atoms with Crippen LogP contribution in [-0.4, -0.2) is 12.7 Å².